The number of benzene rings is 3. The maximum Gasteiger partial charge on any atom is 0.228 e. The van der Waals surface area contributed by atoms with Gasteiger partial charge in [0.15, 0.2) is 0 Å². The summed E-state index contributed by atoms with van der Waals surface area (Å²) in [5.74, 6) is 0.848. The summed E-state index contributed by atoms with van der Waals surface area (Å²) >= 11 is 0. The van der Waals surface area contributed by atoms with Gasteiger partial charge >= 0.3 is 0 Å². The van der Waals surface area contributed by atoms with Gasteiger partial charge in [0, 0.05) is 25.0 Å². The number of piperidine rings is 1. The van der Waals surface area contributed by atoms with Gasteiger partial charge in [-0.2, -0.15) is 0 Å². The lowest BCUT2D eigenvalue weighted by atomic mass is 9.71. The normalized spacial score (nSPS) is 27.8. The molecule has 3 aromatic carbocycles. The van der Waals surface area contributed by atoms with Crippen molar-refractivity contribution in [1.82, 2.24) is 10.2 Å². The fourth-order valence-electron chi connectivity index (χ4n) is 7.09. The SMILES string of the molecule is CCc1ccc2c(c1)C1(CC2)CNCC1C(=O)N1CCC(c2ccccc2)CC1c1ccccc1. The van der Waals surface area contributed by atoms with Crippen LogP contribution < -0.4 is 5.32 Å². The molecule has 3 aliphatic rings. The van der Waals surface area contributed by atoms with Crippen molar-refractivity contribution in [3.63, 3.8) is 0 Å². The van der Waals surface area contributed by atoms with Crippen LogP contribution in [0.4, 0.5) is 0 Å². The van der Waals surface area contributed by atoms with Crippen LogP contribution in [0.3, 0.4) is 0 Å². The van der Waals surface area contributed by atoms with E-state index in [9.17, 15) is 4.79 Å². The number of carbonyl (C=O) groups is 1. The first-order chi connectivity index (χ1) is 17.2. The molecular weight excluding hydrogens is 428 g/mol. The van der Waals surface area contributed by atoms with E-state index in [1.807, 2.05) is 0 Å². The van der Waals surface area contributed by atoms with E-state index >= 15 is 0 Å². The van der Waals surface area contributed by atoms with E-state index in [0.717, 1.165) is 51.7 Å². The fraction of sp³-hybridized carbons (Fsp3) is 0.406. The molecule has 4 unspecified atom stereocenters. The number of nitrogens with one attached hydrogen (secondary N) is 1. The molecule has 2 aliphatic heterocycles. The summed E-state index contributed by atoms with van der Waals surface area (Å²) in [4.78, 5) is 16.7. The number of rotatable bonds is 4. The van der Waals surface area contributed by atoms with Gasteiger partial charge in [0.25, 0.3) is 0 Å². The van der Waals surface area contributed by atoms with Crippen LogP contribution in [-0.4, -0.2) is 30.4 Å². The van der Waals surface area contributed by atoms with Gasteiger partial charge in [-0.05, 0) is 65.8 Å². The Balaban J connectivity index is 1.33. The molecule has 0 aromatic heterocycles. The van der Waals surface area contributed by atoms with Crippen molar-refractivity contribution >= 4 is 5.91 Å². The van der Waals surface area contributed by atoms with Crippen LogP contribution in [0, 0.1) is 5.92 Å². The molecule has 0 bridgehead atoms. The predicted molar refractivity (Wildman–Crippen MR) is 141 cm³/mol. The Bertz CT molecular complexity index is 1190. The molecule has 1 spiro atoms. The molecular formula is C32H36N2O. The lowest BCUT2D eigenvalue weighted by Gasteiger charge is -2.43. The molecule has 1 amide bonds. The third kappa shape index (κ3) is 3.90. The Hall–Kier alpha value is -2.91. The summed E-state index contributed by atoms with van der Waals surface area (Å²) in [5, 5.41) is 3.65. The zero-order valence-electron chi connectivity index (χ0n) is 20.7. The van der Waals surface area contributed by atoms with Crippen LogP contribution in [0.25, 0.3) is 0 Å². The molecule has 3 nitrogen and oxygen atoms in total. The van der Waals surface area contributed by atoms with E-state index in [-0.39, 0.29) is 17.4 Å². The molecule has 0 saturated carbocycles. The molecule has 6 rings (SSSR count). The van der Waals surface area contributed by atoms with Crippen molar-refractivity contribution in [2.24, 2.45) is 5.92 Å². The minimum atomic E-state index is -0.0604. The van der Waals surface area contributed by atoms with Crippen LogP contribution in [0.2, 0.25) is 0 Å². The minimum absolute atomic E-state index is 0.00958. The summed E-state index contributed by atoms with van der Waals surface area (Å²) in [7, 11) is 0. The average Bonchev–Trinajstić information content (AvgIpc) is 3.53. The molecule has 1 aliphatic carbocycles. The lowest BCUT2D eigenvalue weighted by Crippen LogP contribution is -2.49. The summed E-state index contributed by atoms with van der Waals surface area (Å²) in [5.41, 5.74) is 6.88. The molecule has 3 aromatic rings. The Labute approximate surface area is 209 Å². The van der Waals surface area contributed by atoms with Crippen molar-refractivity contribution in [1.29, 1.82) is 0 Å². The first-order valence-corrected chi connectivity index (χ1v) is 13.4. The van der Waals surface area contributed by atoms with Crippen LogP contribution in [0.5, 0.6) is 0 Å². The molecule has 4 atom stereocenters. The van der Waals surface area contributed by atoms with Crippen LogP contribution in [0.1, 0.15) is 66.0 Å². The summed E-state index contributed by atoms with van der Waals surface area (Å²) in [6.07, 6.45) is 5.23. The average molecular weight is 465 g/mol. The topological polar surface area (TPSA) is 32.3 Å². The number of hydrogen-bond acceptors (Lipinski definition) is 2. The third-order valence-corrected chi connectivity index (χ3v) is 9.05. The lowest BCUT2D eigenvalue weighted by molar-refractivity contribution is -0.141. The number of fused-ring (bicyclic) bond motifs is 2. The fourth-order valence-corrected chi connectivity index (χ4v) is 7.09. The number of aryl methyl sites for hydroxylation is 2. The van der Waals surface area contributed by atoms with E-state index in [0.29, 0.717) is 11.8 Å². The monoisotopic (exact) mass is 464 g/mol. The Morgan fingerprint density at radius 3 is 2.49 bits per heavy atom. The molecule has 180 valence electrons. The highest BCUT2D eigenvalue weighted by atomic mass is 16.2. The molecule has 35 heavy (non-hydrogen) atoms. The number of hydrogen-bond donors (Lipinski definition) is 1. The highest BCUT2D eigenvalue weighted by molar-refractivity contribution is 5.83. The smallest absolute Gasteiger partial charge is 0.228 e. The molecule has 2 heterocycles. The van der Waals surface area contributed by atoms with Gasteiger partial charge in [0.05, 0.1) is 12.0 Å². The number of likely N-dealkylation sites (tertiary alicyclic amines) is 1. The van der Waals surface area contributed by atoms with Crippen molar-refractivity contribution in [3.8, 4) is 0 Å². The molecule has 2 saturated heterocycles. The predicted octanol–water partition coefficient (Wildman–Crippen LogP) is 5.80. The first-order valence-electron chi connectivity index (χ1n) is 13.4. The van der Waals surface area contributed by atoms with Crippen molar-refractivity contribution in [3.05, 3.63) is 107 Å². The van der Waals surface area contributed by atoms with Crippen molar-refractivity contribution < 1.29 is 4.79 Å². The second-order valence-corrected chi connectivity index (χ2v) is 10.8. The van der Waals surface area contributed by atoms with Crippen molar-refractivity contribution in [2.45, 2.75) is 56.4 Å². The van der Waals surface area contributed by atoms with E-state index in [4.69, 9.17) is 0 Å². The molecule has 1 N–H and O–H groups in total. The van der Waals surface area contributed by atoms with Gasteiger partial charge < -0.3 is 10.2 Å². The van der Waals surface area contributed by atoms with E-state index < -0.39 is 0 Å². The zero-order chi connectivity index (χ0) is 23.8. The number of amides is 1. The maximum absolute atomic E-state index is 14.4. The Morgan fingerprint density at radius 1 is 1.00 bits per heavy atom. The largest absolute Gasteiger partial charge is 0.335 e. The highest BCUT2D eigenvalue weighted by Gasteiger charge is 2.53. The van der Waals surface area contributed by atoms with Gasteiger partial charge in [-0.1, -0.05) is 85.8 Å². The van der Waals surface area contributed by atoms with Crippen LogP contribution >= 0.6 is 0 Å². The number of carbonyl (C=O) groups excluding carboxylic acids is 1. The van der Waals surface area contributed by atoms with Gasteiger partial charge in [0.1, 0.15) is 0 Å². The standard InChI is InChI=1S/C32H36N2O/c1-2-23-13-14-25-15-17-32(28(25)19-23)22-33-21-29(32)31(35)34-18-16-27(24-9-5-3-6-10-24)20-30(34)26-11-7-4-8-12-26/h3-14,19,27,29-30,33H,2,15-18,20-22H2,1H3. The van der Waals surface area contributed by atoms with E-state index in [1.54, 1.807) is 0 Å². The first kappa shape index (κ1) is 22.5. The summed E-state index contributed by atoms with van der Waals surface area (Å²) < 4.78 is 0. The van der Waals surface area contributed by atoms with Crippen LogP contribution in [0.15, 0.2) is 78.9 Å². The third-order valence-electron chi connectivity index (χ3n) is 9.05. The van der Waals surface area contributed by atoms with E-state index in [1.165, 1.54) is 27.8 Å². The molecule has 0 radical (unpaired) electrons. The van der Waals surface area contributed by atoms with Gasteiger partial charge in [-0.25, -0.2) is 0 Å². The quantitative estimate of drug-likeness (QED) is 0.529. The summed E-state index contributed by atoms with van der Waals surface area (Å²) in [6, 6.07) is 28.7. The van der Waals surface area contributed by atoms with Gasteiger partial charge in [-0.3, -0.25) is 4.79 Å². The maximum atomic E-state index is 14.4. The zero-order valence-corrected chi connectivity index (χ0v) is 20.7. The van der Waals surface area contributed by atoms with Gasteiger partial charge in [0.2, 0.25) is 5.91 Å². The number of nitrogens with zero attached hydrogens (tertiary/aromatic N) is 1. The second kappa shape index (κ2) is 9.28. The molecule has 3 heteroatoms. The van der Waals surface area contributed by atoms with Crippen molar-refractivity contribution in [2.75, 3.05) is 19.6 Å². The highest BCUT2D eigenvalue weighted by Crippen LogP contribution is 2.49. The van der Waals surface area contributed by atoms with E-state index in [2.05, 4.69) is 96.0 Å². The summed E-state index contributed by atoms with van der Waals surface area (Å²) in [6.45, 7) is 4.75. The molecule has 2 fully saturated rings. The Kier molecular flexibility index (Phi) is 5.98. The second-order valence-electron chi connectivity index (χ2n) is 10.8. The Morgan fingerprint density at radius 2 is 1.74 bits per heavy atom. The van der Waals surface area contributed by atoms with Gasteiger partial charge in [-0.15, -0.1) is 0 Å². The minimum Gasteiger partial charge on any atom is -0.335 e. The van der Waals surface area contributed by atoms with Crippen LogP contribution in [-0.2, 0) is 23.1 Å².